The second-order valence-electron chi connectivity index (χ2n) is 8.14. The summed E-state index contributed by atoms with van der Waals surface area (Å²) in [5, 5.41) is 4.40. The van der Waals surface area contributed by atoms with Crippen molar-refractivity contribution in [3.63, 3.8) is 0 Å². The molecule has 0 radical (unpaired) electrons. The Morgan fingerprint density at radius 2 is 1.93 bits per heavy atom. The van der Waals surface area contributed by atoms with Crippen LogP contribution in [0.5, 0.6) is 0 Å². The van der Waals surface area contributed by atoms with Gasteiger partial charge in [-0.2, -0.15) is 5.10 Å². The van der Waals surface area contributed by atoms with Crippen molar-refractivity contribution in [1.82, 2.24) is 35.2 Å². The van der Waals surface area contributed by atoms with Gasteiger partial charge in [-0.1, -0.05) is 43.2 Å². The van der Waals surface area contributed by atoms with Crippen molar-refractivity contribution in [2.45, 2.75) is 64.2 Å². The average Bonchev–Trinajstić information content (AvgIpc) is 3.50. The van der Waals surface area contributed by atoms with Gasteiger partial charge in [0.15, 0.2) is 5.82 Å². The number of imidazole rings is 1. The summed E-state index contributed by atoms with van der Waals surface area (Å²) in [5.74, 6) is 1.63. The molecule has 0 amide bonds. The van der Waals surface area contributed by atoms with Crippen LogP contribution in [0.1, 0.15) is 39.0 Å². The van der Waals surface area contributed by atoms with Crippen LogP contribution in [0.4, 0.5) is 0 Å². The number of hydrogen-bond acceptors (Lipinski definition) is 5. The van der Waals surface area contributed by atoms with Crippen LogP contribution in [0.15, 0.2) is 43.0 Å². The molecule has 29 heavy (non-hydrogen) atoms. The summed E-state index contributed by atoms with van der Waals surface area (Å²) in [7, 11) is 0. The second-order valence-corrected chi connectivity index (χ2v) is 8.14. The number of aromatic nitrogens is 5. The van der Waals surface area contributed by atoms with Crippen molar-refractivity contribution >= 4 is 0 Å². The molecule has 2 aromatic heterocycles. The highest BCUT2D eigenvalue weighted by atomic mass is 15.4. The zero-order valence-corrected chi connectivity index (χ0v) is 17.0. The smallest absolute Gasteiger partial charge is 0.177 e. The lowest BCUT2D eigenvalue weighted by Crippen LogP contribution is -2.33. The van der Waals surface area contributed by atoms with Crippen LogP contribution in [0.3, 0.4) is 0 Å². The van der Waals surface area contributed by atoms with Gasteiger partial charge >= 0.3 is 0 Å². The number of hydrogen-bond donors (Lipinski definition) is 2. The van der Waals surface area contributed by atoms with Crippen LogP contribution in [-0.4, -0.2) is 36.4 Å². The molecular weight excluding hydrogens is 362 g/mol. The number of benzene rings is 1. The molecule has 3 atom stereocenters. The van der Waals surface area contributed by atoms with Gasteiger partial charge in [-0.05, 0) is 32.1 Å². The molecule has 0 bridgehead atoms. The van der Waals surface area contributed by atoms with E-state index in [0.29, 0.717) is 12.1 Å². The summed E-state index contributed by atoms with van der Waals surface area (Å²) in [5.41, 5.74) is 10.2. The Morgan fingerprint density at radius 3 is 2.79 bits per heavy atom. The summed E-state index contributed by atoms with van der Waals surface area (Å²) >= 11 is 0. The SMILES string of the molecule is CCn1ncnc1-c1c(-c2ccccc2)ncn1CCC1NNC2CCCCC21. The van der Waals surface area contributed by atoms with E-state index in [0.717, 1.165) is 48.2 Å². The van der Waals surface area contributed by atoms with Crippen molar-refractivity contribution in [3.8, 4) is 22.8 Å². The molecule has 3 heterocycles. The highest BCUT2D eigenvalue weighted by Gasteiger charge is 2.36. The van der Waals surface area contributed by atoms with E-state index >= 15 is 0 Å². The summed E-state index contributed by atoms with van der Waals surface area (Å²) in [6.45, 7) is 3.79. The van der Waals surface area contributed by atoms with E-state index in [9.17, 15) is 0 Å². The van der Waals surface area contributed by atoms with E-state index in [1.165, 1.54) is 25.7 Å². The second kappa shape index (κ2) is 8.08. The molecule has 7 heteroatoms. The summed E-state index contributed by atoms with van der Waals surface area (Å²) in [6, 6.07) is 11.5. The third-order valence-corrected chi connectivity index (χ3v) is 6.48. The van der Waals surface area contributed by atoms with Gasteiger partial charge in [-0.3, -0.25) is 10.9 Å². The quantitative estimate of drug-likeness (QED) is 0.675. The molecule has 7 nitrogen and oxygen atoms in total. The fourth-order valence-electron chi connectivity index (χ4n) is 4.98. The van der Waals surface area contributed by atoms with E-state index in [1.54, 1.807) is 6.33 Å². The maximum absolute atomic E-state index is 4.79. The van der Waals surface area contributed by atoms with Crippen molar-refractivity contribution in [2.24, 2.45) is 5.92 Å². The van der Waals surface area contributed by atoms with E-state index in [-0.39, 0.29) is 0 Å². The van der Waals surface area contributed by atoms with E-state index in [4.69, 9.17) is 4.98 Å². The highest BCUT2D eigenvalue weighted by Crippen LogP contribution is 2.33. The Balaban J connectivity index is 1.45. The van der Waals surface area contributed by atoms with Gasteiger partial charge in [0, 0.05) is 30.7 Å². The third-order valence-electron chi connectivity index (χ3n) is 6.48. The van der Waals surface area contributed by atoms with Gasteiger partial charge in [0.25, 0.3) is 0 Å². The van der Waals surface area contributed by atoms with Crippen molar-refractivity contribution in [3.05, 3.63) is 43.0 Å². The van der Waals surface area contributed by atoms with E-state index in [1.807, 2.05) is 17.1 Å². The monoisotopic (exact) mass is 391 g/mol. The summed E-state index contributed by atoms with van der Waals surface area (Å²) < 4.78 is 4.21. The molecule has 1 saturated carbocycles. The zero-order valence-electron chi connectivity index (χ0n) is 17.0. The fraction of sp³-hybridized carbons (Fsp3) is 0.500. The van der Waals surface area contributed by atoms with E-state index < -0.39 is 0 Å². The summed E-state index contributed by atoms with van der Waals surface area (Å²) in [6.07, 6.45) is 10.0. The number of hydrazine groups is 1. The fourth-order valence-corrected chi connectivity index (χ4v) is 4.98. The van der Waals surface area contributed by atoms with Crippen LogP contribution in [0, 0.1) is 5.92 Å². The standard InChI is InChI=1S/C22H29N7/c1-2-29-22(23-14-25-29)21-20(16-8-4-3-5-9-16)24-15-28(21)13-12-19-17-10-6-7-11-18(17)26-27-19/h3-5,8-9,14-15,17-19,26-27H,2,6-7,10-13H2,1H3. The molecular formula is C22H29N7. The third kappa shape index (κ3) is 3.49. The highest BCUT2D eigenvalue weighted by molar-refractivity contribution is 5.75. The van der Waals surface area contributed by atoms with Gasteiger partial charge < -0.3 is 4.57 Å². The number of fused-ring (bicyclic) bond motifs is 1. The van der Waals surface area contributed by atoms with Gasteiger partial charge in [0.05, 0.1) is 12.0 Å². The molecule has 2 aliphatic rings. The van der Waals surface area contributed by atoms with Crippen molar-refractivity contribution < 1.29 is 0 Å². The lowest BCUT2D eigenvalue weighted by atomic mass is 9.81. The molecule has 1 aromatic carbocycles. The first kappa shape index (κ1) is 18.5. The van der Waals surface area contributed by atoms with Crippen LogP contribution in [-0.2, 0) is 13.1 Å². The first-order valence-corrected chi connectivity index (χ1v) is 10.8. The number of aryl methyl sites for hydroxylation is 2. The topological polar surface area (TPSA) is 72.6 Å². The molecule has 3 unspecified atom stereocenters. The molecule has 0 spiro atoms. The molecule has 1 saturated heterocycles. The minimum Gasteiger partial charge on any atom is -0.327 e. The molecule has 2 fully saturated rings. The molecule has 152 valence electrons. The minimum atomic E-state index is 0.514. The first-order valence-electron chi connectivity index (χ1n) is 10.8. The normalized spacial score (nSPS) is 24.0. The van der Waals surface area contributed by atoms with Crippen LogP contribution in [0.2, 0.25) is 0 Å². The minimum absolute atomic E-state index is 0.514. The maximum Gasteiger partial charge on any atom is 0.177 e. The number of nitrogens with one attached hydrogen (secondary N) is 2. The lowest BCUT2D eigenvalue weighted by molar-refractivity contribution is 0.294. The van der Waals surface area contributed by atoms with Gasteiger partial charge in [0.1, 0.15) is 12.0 Å². The molecule has 1 aliphatic carbocycles. The van der Waals surface area contributed by atoms with Crippen LogP contribution < -0.4 is 10.9 Å². The van der Waals surface area contributed by atoms with Crippen LogP contribution >= 0.6 is 0 Å². The van der Waals surface area contributed by atoms with Crippen molar-refractivity contribution in [1.29, 1.82) is 0 Å². The molecule has 1 aliphatic heterocycles. The van der Waals surface area contributed by atoms with Gasteiger partial charge in [-0.15, -0.1) is 0 Å². The Bertz CT molecular complexity index is 945. The Hall–Kier alpha value is -2.51. The van der Waals surface area contributed by atoms with Crippen LogP contribution in [0.25, 0.3) is 22.8 Å². The molecule has 3 aromatic rings. The predicted molar refractivity (Wildman–Crippen MR) is 113 cm³/mol. The number of rotatable bonds is 6. The Labute approximate surface area is 171 Å². The predicted octanol–water partition coefficient (Wildman–Crippen LogP) is 3.25. The van der Waals surface area contributed by atoms with Gasteiger partial charge in [0.2, 0.25) is 0 Å². The maximum atomic E-state index is 4.79. The average molecular weight is 392 g/mol. The Kier molecular flexibility index (Phi) is 5.16. The Morgan fingerprint density at radius 1 is 1.07 bits per heavy atom. The van der Waals surface area contributed by atoms with Crippen molar-refractivity contribution in [2.75, 3.05) is 0 Å². The largest absolute Gasteiger partial charge is 0.327 e. The molecule has 2 N–H and O–H groups in total. The van der Waals surface area contributed by atoms with Gasteiger partial charge in [-0.25, -0.2) is 14.6 Å². The zero-order chi connectivity index (χ0) is 19.6. The molecule has 5 rings (SSSR count). The van der Waals surface area contributed by atoms with E-state index in [2.05, 4.69) is 56.7 Å². The summed E-state index contributed by atoms with van der Waals surface area (Å²) in [4.78, 5) is 9.38. The lowest BCUT2D eigenvalue weighted by Gasteiger charge is -2.27. The first-order chi connectivity index (χ1) is 14.3. The number of nitrogens with zero attached hydrogens (tertiary/aromatic N) is 5.